The number of hydrogen-bond acceptors (Lipinski definition) is 8. The van der Waals surface area contributed by atoms with Crippen molar-refractivity contribution < 1.29 is 42.9 Å². The molecular weight excluding hydrogens is 1170 g/mol. The summed E-state index contributed by atoms with van der Waals surface area (Å²) < 4.78 is 22.9. The van der Waals surface area contributed by atoms with Gasteiger partial charge < -0.3 is 33.3 Å². The Balaban J connectivity index is 4.02. The summed E-state index contributed by atoms with van der Waals surface area (Å²) in [6, 6.07) is 0. The van der Waals surface area contributed by atoms with Crippen LogP contribution in [0.5, 0.6) is 0 Å². The second kappa shape index (κ2) is 76.0. The Bertz CT molecular complexity index is 1890. The molecule has 0 spiro atoms. The van der Waals surface area contributed by atoms with E-state index in [4.69, 9.17) is 18.9 Å². The first-order valence-corrected chi connectivity index (χ1v) is 40.4. The zero-order valence-corrected chi connectivity index (χ0v) is 63.0. The van der Waals surface area contributed by atoms with Crippen LogP contribution in [0.2, 0.25) is 0 Å². The maximum Gasteiger partial charge on any atom is 0.306 e. The minimum absolute atomic E-state index is 0.147. The van der Waals surface area contributed by atoms with Crippen molar-refractivity contribution in [1.82, 2.24) is 0 Å². The molecule has 0 fully saturated rings. The van der Waals surface area contributed by atoms with Crippen molar-refractivity contribution in [2.45, 2.75) is 386 Å². The third kappa shape index (κ3) is 77.4. The van der Waals surface area contributed by atoms with Crippen LogP contribution in [-0.4, -0.2) is 82.3 Å². The lowest BCUT2D eigenvalue weighted by atomic mass is 10.0. The van der Waals surface area contributed by atoms with E-state index >= 15 is 0 Å². The van der Waals surface area contributed by atoms with E-state index in [2.05, 4.69) is 111 Å². The van der Waals surface area contributed by atoms with Gasteiger partial charge in [-0.25, -0.2) is 0 Å². The lowest BCUT2D eigenvalue weighted by Gasteiger charge is -2.26. The van der Waals surface area contributed by atoms with Crippen LogP contribution in [0.15, 0.2) is 97.2 Å². The minimum atomic E-state index is -1.62. The van der Waals surface area contributed by atoms with Crippen LogP contribution in [-0.2, 0) is 33.3 Å². The van der Waals surface area contributed by atoms with Crippen LogP contribution in [0.25, 0.3) is 0 Å². The van der Waals surface area contributed by atoms with Crippen LogP contribution in [0.4, 0.5) is 0 Å². The molecule has 0 radical (unpaired) electrons. The Morgan fingerprint density at radius 3 is 0.905 bits per heavy atom. The second-order valence-corrected chi connectivity index (χ2v) is 28.3. The van der Waals surface area contributed by atoms with Crippen molar-refractivity contribution in [3.63, 3.8) is 0 Å². The Morgan fingerprint density at radius 1 is 0.326 bits per heavy atom. The average molecular weight is 1330 g/mol. The summed E-state index contributed by atoms with van der Waals surface area (Å²) in [5, 5.41) is 11.9. The molecule has 0 heterocycles. The van der Waals surface area contributed by atoms with Gasteiger partial charge in [-0.15, -0.1) is 0 Å². The van der Waals surface area contributed by atoms with E-state index in [1.165, 1.54) is 257 Å². The summed E-state index contributed by atoms with van der Waals surface area (Å²) in [6.45, 7) is 4.68. The van der Waals surface area contributed by atoms with Crippen LogP contribution < -0.4 is 5.11 Å². The Kier molecular flexibility index (Phi) is 72.9. The highest BCUT2D eigenvalue weighted by molar-refractivity contribution is 5.70. The van der Waals surface area contributed by atoms with E-state index < -0.39 is 24.3 Å². The third-order valence-corrected chi connectivity index (χ3v) is 17.8. The quantitative estimate of drug-likeness (QED) is 0.0195. The van der Waals surface area contributed by atoms with E-state index in [0.717, 1.165) is 83.5 Å². The molecule has 0 aromatic rings. The van der Waals surface area contributed by atoms with Gasteiger partial charge in [0.25, 0.3) is 0 Å². The molecule has 0 aliphatic carbocycles. The lowest BCUT2D eigenvalue weighted by Crippen LogP contribution is -2.44. The van der Waals surface area contributed by atoms with E-state index in [-0.39, 0.29) is 32.2 Å². The number of carbonyl (C=O) groups excluding carboxylic acids is 3. The molecule has 0 saturated carbocycles. The minimum Gasteiger partial charge on any atom is -0.545 e. The molecule has 0 aromatic heterocycles. The van der Waals surface area contributed by atoms with Gasteiger partial charge in [0.1, 0.15) is 13.2 Å². The van der Waals surface area contributed by atoms with Gasteiger partial charge in [0.15, 0.2) is 12.4 Å². The normalized spacial score (nSPS) is 13.1. The monoisotopic (exact) mass is 1330 g/mol. The lowest BCUT2D eigenvalue weighted by molar-refractivity contribution is -0.870. The molecule has 95 heavy (non-hydrogen) atoms. The zero-order chi connectivity index (χ0) is 69.0. The second-order valence-electron chi connectivity index (χ2n) is 28.3. The fraction of sp³-hybridized carbons (Fsp3) is 0.779. The van der Waals surface area contributed by atoms with Crippen molar-refractivity contribution in [2.75, 3.05) is 47.5 Å². The van der Waals surface area contributed by atoms with Crippen molar-refractivity contribution in [1.29, 1.82) is 0 Å². The first-order chi connectivity index (χ1) is 46.6. The van der Waals surface area contributed by atoms with Gasteiger partial charge in [0, 0.05) is 12.8 Å². The van der Waals surface area contributed by atoms with E-state index in [1.807, 2.05) is 21.1 Å². The number of quaternary nitrogens is 1. The number of allylic oxidation sites excluding steroid dienone is 16. The summed E-state index contributed by atoms with van der Waals surface area (Å²) in [6.07, 6.45) is 102. The molecule has 0 rings (SSSR count). The SMILES string of the molecule is CC/C=C\C/C=C\C/C=C\C/C=C\C/C=C\C/C=C\C/C=C\CCCCCCCCCCCCCCCCCC(=O)OC(COC(=O)CCCCCCCCCCCCCCCCCCCCCCC/C=C\CCCCCCCCCC)COC(OCC[N+](C)(C)C)C(=O)[O-]. The highest BCUT2D eigenvalue weighted by atomic mass is 16.7. The molecule has 0 N–H and O–H groups in total. The first-order valence-electron chi connectivity index (χ1n) is 40.4. The molecule has 0 saturated heterocycles. The molecule has 0 amide bonds. The van der Waals surface area contributed by atoms with Crippen molar-refractivity contribution >= 4 is 17.9 Å². The van der Waals surface area contributed by atoms with Gasteiger partial charge >= 0.3 is 11.9 Å². The molecule has 550 valence electrons. The van der Waals surface area contributed by atoms with E-state index in [9.17, 15) is 19.5 Å². The third-order valence-electron chi connectivity index (χ3n) is 17.8. The summed E-state index contributed by atoms with van der Waals surface area (Å²) in [7, 11) is 5.94. The number of likely N-dealkylation sites (N-methyl/N-ethyl adjacent to an activating group) is 1. The van der Waals surface area contributed by atoms with Crippen LogP contribution >= 0.6 is 0 Å². The number of carboxylic acids is 1. The number of carboxylic acid groups (broad SMARTS) is 1. The number of esters is 2. The fourth-order valence-corrected chi connectivity index (χ4v) is 11.7. The highest BCUT2D eigenvalue weighted by Gasteiger charge is 2.22. The van der Waals surface area contributed by atoms with Gasteiger partial charge in [-0.1, -0.05) is 361 Å². The largest absolute Gasteiger partial charge is 0.545 e. The van der Waals surface area contributed by atoms with Crippen LogP contribution in [0.1, 0.15) is 373 Å². The van der Waals surface area contributed by atoms with Crippen molar-refractivity contribution in [2.24, 2.45) is 0 Å². The number of ether oxygens (including phenoxy) is 4. The van der Waals surface area contributed by atoms with Crippen LogP contribution in [0, 0.1) is 0 Å². The highest BCUT2D eigenvalue weighted by Crippen LogP contribution is 2.19. The zero-order valence-electron chi connectivity index (χ0n) is 63.0. The van der Waals surface area contributed by atoms with Gasteiger partial charge in [-0.05, 0) is 96.3 Å². The standard InChI is InChI=1S/C86H153NO8/c1-6-8-10-12-14-16-18-20-22-24-26-28-30-32-34-36-38-40-41-42-43-45-47-49-51-53-55-57-59-61-63-65-67-69-71-73-75-77-84(89)95-82(81-94-86(85(90)91)92-79-78-87(3,4)5)80-93-83(88)76-74-72-70-68-66-64-62-60-58-56-54-52-50-48-46-44-39-37-35-33-31-29-27-25-23-21-19-17-15-13-11-9-7-2/h8,10,14,16,20,22,25-28,32,34,38,40,42-43,82,86H,6-7,9,11-13,15,17-19,21,23-24,29-31,33,35-37,39,41,44-81H2,1-5H3/b10-8-,16-14-,22-20-,27-25-,28-26-,34-32-,40-38-,43-42-. The Labute approximate surface area is 588 Å². The summed E-state index contributed by atoms with van der Waals surface area (Å²) in [5.74, 6) is -2.26. The smallest absolute Gasteiger partial charge is 0.306 e. The number of unbranched alkanes of at least 4 members (excludes halogenated alkanes) is 44. The summed E-state index contributed by atoms with van der Waals surface area (Å²) >= 11 is 0. The molecule has 0 bridgehead atoms. The average Bonchev–Trinajstić information content (AvgIpc) is 3.75. The number of rotatable bonds is 75. The Hall–Kier alpha value is -3.79. The predicted octanol–water partition coefficient (Wildman–Crippen LogP) is 24.6. The van der Waals surface area contributed by atoms with Gasteiger partial charge in [0.2, 0.25) is 0 Å². The first kappa shape index (κ1) is 91.2. The van der Waals surface area contributed by atoms with Gasteiger partial charge in [0.05, 0.1) is 40.3 Å². The summed E-state index contributed by atoms with van der Waals surface area (Å²) in [4.78, 5) is 37.6. The number of nitrogens with zero attached hydrogens (tertiary/aromatic N) is 1. The maximum absolute atomic E-state index is 13.0. The maximum atomic E-state index is 13.0. The van der Waals surface area contributed by atoms with Gasteiger partial charge in [-0.2, -0.15) is 0 Å². The molecule has 9 nitrogen and oxygen atoms in total. The molecule has 0 aliphatic heterocycles. The molecule has 2 atom stereocenters. The predicted molar refractivity (Wildman–Crippen MR) is 407 cm³/mol. The molecular formula is C86H153NO8. The molecule has 2 unspecified atom stereocenters. The van der Waals surface area contributed by atoms with Crippen molar-refractivity contribution in [3.8, 4) is 0 Å². The molecule has 0 aliphatic rings. The van der Waals surface area contributed by atoms with Gasteiger partial charge in [-0.3, -0.25) is 9.59 Å². The van der Waals surface area contributed by atoms with E-state index in [0.29, 0.717) is 23.9 Å². The molecule has 0 aromatic carbocycles. The fourth-order valence-electron chi connectivity index (χ4n) is 11.7. The molecule has 9 heteroatoms. The summed E-state index contributed by atoms with van der Waals surface area (Å²) in [5.41, 5.74) is 0. The van der Waals surface area contributed by atoms with Crippen molar-refractivity contribution in [3.05, 3.63) is 97.2 Å². The number of aliphatic carboxylic acids is 1. The topological polar surface area (TPSA) is 111 Å². The van der Waals surface area contributed by atoms with E-state index in [1.54, 1.807) is 0 Å². The number of carbonyl (C=O) groups is 3. The Morgan fingerprint density at radius 2 is 0.600 bits per heavy atom. The number of hydrogen-bond donors (Lipinski definition) is 0. The van der Waals surface area contributed by atoms with Crippen LogP contribution in [0.3, 0.4) is 0 Å².